The van der Waals surface area contributed by atoms with Gasteiger partial charge in [-0.1, -0.05) is 12.1 Å². The molecule has 0 aromatic carbocycles. The number of nitrogens with one attached hydrogen (secondary N) is 2. The van der Waals surface area contributed by atoms with Gasteiger partial charge in [-0.05, 0) is 71.8 Å². The lowest BCUT2D eigenvalue weighted by molar-refractivity contribution is 0.723. The first-order valence-electron chi connectivity index (χ1n) is 7.81. The van der Waals surface area contributed by atoms with Crippen molar-refractivity contribution < 1.29 is 0 Å². The van der Waals surface area contributed by atoms with Crippen molar-refractivity contribution in [3.05, 3.63) is 52.0 Å². The number of hydrogen-bond donors (Lipinski definition) is 2. The second-order valence-electron chi connectivity index (χ2n) is 5.73. The van der Waals surface area contributed by atoms with E-state index in [2.05, 4.69) is 61.1 Å². The molecule has 116 valence electrons. The molecule has 4 rings (SSSR count). The van der Waals surface area contributed by atoms with E-state index in [1.54, 1.807) is 0 Å². The van der Waals surface area contributed by atoms with Crippen LogP contribution in [0.5, 0.6) is 0 Å². The molecule has 3 aromatic heterocycles. The van der Waals surface area contributed by atoms with Crippen LogP contribution in [0.25, 0.3) is 27.9 Å². The molecule has 1 aliphatic heterocycles. The highest BCUT2D eigenvalue weighted by atomic mass is 127. The highest BCUT2D eigenvalue weighted by Gasteiger charge is 2.10. The van der Waals surface area contributed by atoms with E-state index in [9.17, 15) is 0 Å². The molecule has 0 saturated heterocycles. The van der Waals surface area contributed by atoms with Crippen molar-refractivity contribution in [2.24, 2.45) is 0 Å². The summed E-state index contributed by atoms with van der Waals surface area (Å²) in [6.07, 6.45) is 6.45. The van der Waals surface area contributed by atoms with E-state index in [0.29, 0.717) is 0 Å². The van der Waals surface area contributed by atoms with Crippen LogP contribution in [0.15, 0.2) is 42.6 Å². The number of aromatic amines is 1. The number of H-pyrrole nitrogens is 1. The van der Waals surface area contributed by atoms with Crippen molar-refractivity contribution in [2.45, 2.75) is 12.8 Å². The van der Waals surface area contributed by atoms with Crippen LogP contribution in [-0.4, -0.2) is 28.0 Å². The minimum Gasteiger partial charge on any atom is -0.339 e. The summed E-state index contributed by atoms with van der Waals surface area (Å²) in [4.78, 5) is 12.6. The maximum absolute atomic E-state index is 4.59. The van der Waals surface area contributed by atoms with Gasteiger partial charge in [0.15, 0.2) is 0 Å². The third-order valence-corrected chi connectivity index (χ3v) is 4.72. The number of aromatic nitrogens is 3. The van der Waals surface area contributed by atoms with E-state index in [-0.39, 0.29) is 0 Å². The summed E-state index contributed by atoms with van der Waals surface area (Å²) in [7, 11) is 0. The summed E-state index contributed by atoms with van der Waals surface area (Å²) in [6, 6.07) is 10.4. The SMILES string of the molecule is Ic1cccc(-c2cnc3[nH]c(C4=CCNCCC4)cc3c2)n1. The van der Waals surface area contributed by atoms with Gasteiger partial charge in [0.2, 0.25) is 0 Å². The largest absolute Gasteiger partial charge is 0.339 e. The molecule has 4 nitrogen and oxygen atoms in total. The van der Waals surface area contributed by atoms with Crippen LogP contribution in [0.2, 0.25) is 0 Å². The van der Waals surface area contributed by atoms with Crippen molar-refractivity contribution in [1.82, 2.24) is 20.3 Å². The van der Waals surface area contributed by atoms with Crippen LogP contribution in [0.4, 0.5) is 0 Å². The summed E-state index contributed by atoms with van der Waals surface area (Å²) >= 11 is 2.24. The lowest BCUT2D eigenvalue weighted by Gasteiger charge is -2.00. The Morgan fingerprint density at radius 2 is 2.13 bits per heavy atom. The molecule has 0 amide bonds. The van der Waals surface area contributed by atoms with Gasteiger partial charge < -0.3 is 10.3 Å². The molecule has 5 heteroatoms. The van der Waals surface area contributed by atoms with Crippen LogP contribution in [0.1, 0.15) is 18.5 Å². The predicted octanol–water partition coefficient (Wildman–Crippen LogP) is 4.00. The molecule has 0 bridgehead atoms. The topological polar surface area (TPSA) is 53.6 Å². The number of halogens is 1. The maximum atomic E-state index is 4.59. The molecule has 0 saturated carbocycles. The average molecular weight is 416 g/mol. The quantitative estimate of drug-likeness (QED) is 0.491. The van der Waals surface area contributed by atoms with Crippen LogP contribution in [-0.2, 0) is 0 Å². The standard InChI is InChI=1S/C18H17IN4/c19-17-5-1-4-15(22-17)14-9-13-10-16(23-18(13)21-11-14)12-3-2-7-20-8-6-12/h1,4-6,9-11,20H,2-3,7-8H2,(H,21,23). The molecule has 2 N–H and O–H groups in total. The Morgan fingerprint density at radius 1 is 1.17 bits per heavy atom. The highest BCUT2D eigenvalue weighted by molar-refractivity contribution is 14.1. The van der Waals surface area contributed by atoms with Crippen LogP contribution in [0, 0.1) is 3.70 Å². The Bertz CT molecular complexity index is 882. The van der Waals surface area contributed by atoms with E-state index in [1.165, 1.54) is 17.7 Å². The van der Waals surface area contributed by atoms with Crippen molar-refractivity contribution in [2.75, 3.05) is 13.1 Å². The van der Waals surface area contributed by atoms with Gasteiger partial charge in [0.25, 0.3) is 0 Å². The van der Waals surface area contributed by atoms with Gasteiger partial charge in [0, 0.05) is 29.4 Å². The molecule has 0 fully saturated rings. The molecular formula is C18H17IN4. The van der Waals surface area contributed by atoms with Crippen LogP contribution in [0.3, 0.4) is 0 Å². The Hall–Kier alpha value is -1.73. The molecule has 0 atom stereocenters. The van der Waals surface area contributed by atoms with Crippen molar-refractivity contribution >= 4 is 39.2 Å². The summed E-state index contributed by atoms with van der Waals surface area (Å²) in [6.45, 7) is 2.02. The van der Waals surface area contributed by atoms with Gasteiger partial charge >= 0.3 is 0 Å². The van der Waals surface area contributed by atoms with E-state index in [0.717, 1.165) is 45.5 Å². The fraction of sp³-hybridized carbons (Fsp3) is 0.222. The number of nitrogens with zero attached hydrogens (tertiary/aromatic N) is 2. The summed E-state index contributed by atoms with van der Waals surface area (Å²) in [5.74, 6) is 0. The molecule has 4 heterocycles. The number of allylic oxidation sites excluding steroid dienone is 1. The number of pyridine rings is 2. The zero-order chi connectivity index (χ0) is 15.6. The van der Waals surface area contributed by atoms with Gasteiger partial charge in [-0.25, -0.2) is 9.97 Å². The van der Waals surface area contributed by atoms with Crippen LogP contribution >= 0.6 is 22.6 Å². The Morgan fingerprint density at radius 3 is 3.04 bits per heavy atom. The average Bonchev–Trinajstić information content (AvgIpc) is 2.79. The minimum atomic E-state index is 0.937. The third-order valence-electron chi connectivity index (χ3n) is 4.12. The van der Waals surface area contributed by atoms with Gasteiger partial charge in [-0.15, -0.1) is 0 Å². The molecule has 23 heavy (non-hydrogen) atoms. The smallest absolute Gasteiger partial charge is 0.137 e. The second kappa shape index (κ2) is 6.41. The first-order chi connectivity index (χ1) is 11.3. The summed E-state index contributed by atoms with van der Waals surface area (Å²) in [5.41, 5.74) is 5.52. The summed E-state index contributed by atoms with van der Waals surface area (Å²) < 4.78 is 0.992. The zero-order valence-electron chi connectivity index (χ0n) is 12.6. The zero-order valence-corrected chi connectivity index (χ0v) is 14.8. The highest BCUT2D eigenvalue weighted by Crippen LogP contribution is 2.26. The number of hydrogen-bond acceptors (Lipinski definition) is 3. The van der Waals surface area contributed by atoms with Crippen molar-refractivity contribution in [3.63, 3.8) is 0 Å². The van der Waals surface area contributed by atoms with E-state index in [4.69, 9.17) is 0 Å². The fourth-order valence-electron chi connectivity index (χ4n) is 2.95. The fourth-order valence-corrected chi connectivity index (χ4v) is 3.41. The van der Waals surface area contributed by atoms with E-state index < -0.39 is 0 Å². The van der Waals surface area contributed by atoms with Crippen molar-refractivity contribution in [3.8, 4) is 11.3 Å². The molecule has 3 aromatic rings. The van der Waals surface area contributed by atoms with Crippen molar-refractivity contribution in [1.29, 1.82) is 0 Å². The predicted molar refractivity (Wildman–Crippen MR) is 102 cm³/mol. The lowest BCUT2D eigenvalue weighted by Crippen LogP contribution is -2.12. The maximum Gasteiger partial charge on any atom is 0.137 e. The first-order valence-corrected chi connectivity index (χ1v) is 8.89. The first kappa shape index (κ1) is 14.8. The lowest BCUT2D eigenvalue weighted by atomic mass is 10.1. The Labute approximate surface area is 148 Å². The normalized spacial score (nSPS) is 15.4. The summed E-state index contributed by atoms with van der Waals surface area (Å²) in [5, 5.41) is 4.54. The Balaban J connectivity index is 1.73. The molecule has 0 spiro atoms. The van der Waals surface area contributed by atoms with Gasteiger partial charge in [0.05, 0.1) is 5.69 Å². The third kappa shape index (κ3) is 3.16. The van der Waals surface area contributed by atoms with E-state index >= 15 is 0 Å². The second-order valence-corrected chi connectivity index (χ2v) is 6.83. The monoisotopic (exact) mass is 416 g/mol. The molecule has 1 aliphatic rings. The number of rotatable bonds is 2. The van der Waals surface area contributed by atoms with Gasteiger partial charge in [-0.3, -0.25) is 0 Å². The minimum absolute atomic E-state index is 0.937. The van der Waals surface area contributed by atoms with E-state index in [1.807, 2.05) is 24.4 Å². The van der Waals surface area contributed by atoms with Gasteiger partial charge in [0.1, 0.15) is 9.35 Å². The molecule has 0 radical (unpaired) electrons. The van der Waals surface area contributed by atoms with Crippen LogP contribution < -0.4 is 5.32 Å². The molecule has 0 aliphatic carbocycles. The molecular weight excluding hydrogens is 399 g/mol. The molecule has 0 unspecified atom stereocenters. The Kier molecular flexibility index (Phi) is 4.13. The van der Waals surface area contributed by atoms with Gasteiger partial charge in [-0.2, -0.15) is 0 Å². The number of fused-ring (bicyclic) bond motifs is 1.